The number of hydrogen-bond acceptors (Lipinski definition) is 4. The van der Waals surface area contributed by atoms with Crippen molar-refractivity contribution < 1.29 is 13.2 Å². The van der Waals surface area contributed by atoms with Gasteiger partial charge in [-0.1, -0.05) is 36.4 Å². The second-order valence-corrected chi connectivity index (χ2v) is 8.23. The normalized spacial score (nSPS) is 22.6. The highest BCUT2D eigenvalue weighted by atomic mass is 32.2. The van der Waals surface area contributed by atoms with Crippen LogP contribution in [0, 0.1) is 5.92 Å². The smallest absolute Gasteiger partial charge is 0.251 e. The lowest BCUT2D eigenvalue weighted by molar-refractivity contribution is 0.0951. The van der Waals surface area contributed by atoms with Crippen molar-refractivity contribution >= 4 is 16.6 Å². The van der Waals surface area contributed by atoms with Gasteiger partial charge in [-0.05, 0) is 41.3 Å². The largest absolute Gasteiger partial charge is 0.352 e. The predicted molar refractivity (Wildman–Crippen MR) is 102 cm³/mol. The minimum absolute atomic E-state index is 0.00425. The highest BCUT2D eigenvalue weighted by Gasteiger charge is 2.36. The molecule has 2 atom stereocenters. The van der Waals surface area contributed by atoms with Crippen LogP contribution in [0.1, 0.15) is 27.4 Å². The van der Waals surface area contributed by atoms with Crippen molar-refractivity contribution in [3.8, 4) is 11.1 Å². The predicted octanol–water partition coefficient (Wildman–Crippen LogP) is 1.85. The Hall–Kier alpha value is -2.18. The average Bonchev–Trinajstić information content (AvgIpc) is 2.94. The first kappa shape index (κ1) is 17.2. The molecule has 2 aliphatic rings. The molecule has 0 spiro atoms. The summed E-state index contributed by atoms with van der Waals surface area (Å²) in [6, 6.07) is 13.5. The molecule has 0 aromatic heterocycles. The Bertz CT molecular complexity index is 930. The quantitative estimate of drug-likeness (QED) is 0.810. The Labute approximate surface area is 155 Å². The lowest BCUT2D eigenvalue weighted by Crippen LogP contribution is -2.29. The van der Waals surface area contributed by atoms with Gasteiger partial charge in [0.05, 0.1) is 5.75 Å². The number of likely N-dealkylation sites (N-methyl/N-ethyl adjacent to an activating group) is 1. The van der Waals surface area contributed by atoms with E-state index in [-0.39, 0.29) is 11.7 Å². The molecule has 0 aliphatic carbocycles. The number of thiol groups is 1. The molecule has 1 N–H and O–H groups in total. The first-order valence-corrected chi connectivity index (χ1v) is 10.2. The number of carbonyl (C=O) groups is 1. The molecule has 4 rings (SSSR count). The zero-order valence-corrected chi connectivity index (χ0v) is 15.5. The van der Waals surface area contributed by atoms with Gasteiger partial charge in [-0.2, -0.15) is 0 Å². The third-order valence-corrected chi connectivity index (χ3v) is 6.07. The minimum Gasteiger partial charge on any atom is -0.352 e. The van der Waals surface area contributed by atoms with E-state index in [0.29, 0.717) is 23.9 Å². The van der Waals surface area contributed by atoms with E-state index in [2.05, 4.69) is 23.3 Å². The van der Waals surface area contributed by atoms with Crippen molar-refractivity contribution in [1.29, 1.82) is 0 Å². The fourth-order valence-corrected chi connectivity index (χ4v) is 4.84. The number of rotatable bonds is 3. The number of benzene rings is 2. The molecular weight excluding hydrogens is 348 g/mol. The molecule has 6 heteroatoms. The van der Waals surface area contributed by atoms with Crippen molar-refractivity contribution in [1.82, 2.24) is 10.2 Å². The highest BCUT2D eigenvalue weighted by molar-refractivity contribution is 7.71. The molecule has 0 radical (unpaired) electrons. The Morgan fingerprint density at radius 1 is 1.12 bits per heavy atom. The molecule has 26 heavy (non-hydrogen) atoms. The summed E-state index contributed by atoms with van der Waals surface area (Å²) in [5.74, 6) is 0.762. The third kappa shape index (κ3) is 3.15. The Kier molecular flexibility index (Phi) is 4.54. The van der Waals surface area contributed by atoms with Crippen molar-refractivity contribution in [2.75, 3.05) is 26.7 Å². The first-order valence-electron chi connectivity index (χ1n) is 8.83. The first-order chi connectivity index (χ1) is 12.5. The van der Waals surface area contributed by atoms with E-state index in [9.17, 15) is 13.2 Å². The van der Waals surface area contributed by atoms with Crippen molar-refractivity contribution in [2.24, 2.45) is 5.92 Å². The number of nitrogens with one attached hydrogen (secondary N) is 1. The summed E-state index contributed by atoms with van der Waals surface area (Å²) in [5.41, 5.74) is 4.33. The topological polar surface area (TPSA) is 66.5 Å². The summed E-state index contributed by atoms with van der Waals surface area (Å²) in [7, 11) is -0.387. The molecule has 2 aromatic carbocycles. The Morgan fingerprint density at radius 2 is 1.92 bits per heavy atom. The summed E-state index contributed by atoms with van der Waals surface area (Å²) in [6.07, 6.45) is 0. The van der Waals surface area contributed by atoms with Crippen LogP contribution in [0.4, 0.5) is 0 Å². The fourth-order valence-electron chi connectivity index (χ4n) is 4.29. The number of carbonyl (C=O) groups excluding carboxylic acids is 1. The summed E-state index contributed by atoms with van der Waals surface area (Å²) in [6.45, 7) is 2.65. The number of nitrogens with zero attached hydrogens (tertiary/aromatic N) is 1. The van der Waals surface area contributed by atoms with Gasteiger partial charge in [0, 0.05) is 31.1 Å². The van der Waals surface area contributed by atoms with Crippen LogP contribution in [0.3, 0.4) is 0 Å². The molecule has 1 saturated heterocycles. The van der Waals surface area contributed by atoms with E-state index in [1.165, 1.54) is 0 Å². The van der Waals surface area contributed by atoms with Crippen LogP contribution in [0.15, 0.2) is 42.5 Å². The van der Waals surface area contributed by atoms with Crippen molar-refractivity contribution in [3.05, 3.63) is 59.2 Å². The zero-order valence-electron chi connectivity index (χ0n) is 14.6. The van der Waals surface area contributed by atoms with Gasteiger partial charge in [-0.3, -0.25) is 4.79 Å². The van der Waals surface area contributed by atoms with Crippen LogP contribution in [0.2, 0.25) is 0 Å². The second-order valence-electron chi connectivity index (χ2n) is 7.25. The van der Waals surface area contributed by atoms with E-state index in [4.69, 9.17) is 0 Å². The Balaban J connectivity index is 1.79. The molecule has 2 aliphatic heterocycles. The lowest BCUT2D eigenvalue weighted by atomic mass is 9.85. The number of likely N-dealkylation sites (tertiary alicyclic amines) is 1. The van der Waals surface area contributed by atoms with E-state index in [0.717, 1.165) is 35.3 Å². The standard InChI is InChI=1S/C20H22N2O3S/c1-22-10-15-9-21-20(23)18-8-13(6-7-17(18)19(15)11-22)16-5-3-2-4-14(16)12-26(24)25/h2-8,15,19,26H,9-12H2,1H3,(H,21,23). The summed E-state index contributed by atoms with van der Waals surface area (Å²) in [5, 5.41) is 3.06. The summed E-state index contributed by atoms with van der Waals surface area (Å²) >= 11 is 0. The molecule has 1 fully saturated rings. The van der Waals surface area contributed by atoms with Gasteiger partial charge < -0.3 is 10.2 Å². The van der Waals surface area contributed by atoms with E-state index in [1.54, 1.807) is 0 Å². The summed E-state index contributed by atoms with van der Waals surface area (Å²) < 4.78 is 22.4. The van der Waals surface area contributed by atoms with Gasteiger partial charge in [-0.15, -0.1) is 0 Å². The number of fused-ring (bicyclic) bond motifs is 3. The molecule has 136 valence electrons. The van der Waals surface area contributed by atoms with Crippen LogP contribution in [0.5, 0.6) is 0 Å². The highest BCUT2D eigenvalue weighted by Crippen LogP contribution is 2.37. The van der Waals surface area contributed by atoms with Crippen LogP contribution >= 0.6 is 0 Å². The molecule has 0 saturated carbocycles. The van der Waals surface area contributed by atoms with Crippen LogP contribution in [-0.4, -0.2) is 45.9 Å². The van der Waals surface area contributed by atoms with E-state index in [1.807, 2.05) is 36.4 Å². The maximum atomic E-state index is 12.6. The molecular formula is C20H22N2O3S. The van der Waals surface area contributed by atoms with Gasteiger partial charge in [-0.25, -0.2) is 8.42 Å². The molecule has 2 aromatic rings. The maximum Gasteiger partial charge on any atom is 0.251 e. The molecule has 2 heterocycles. The van der Waals surface area contributed by atoms with Gasteiger partial charge in [0.2, 0.25) is 0 Å². The van der Waals surface area contributed by atoms with Crippen LogP contribution in [-0.2, 0) is 16.5 Å². The van der Waals surface area contributed by atoms with Crippen molar-refractivity contribution in [2.45, 2.75) is 11.7 Å². The van der Waals surface area contributed by atoms with E-state index >= 15 is 0 Å². The third-order valence-electron chi connectivity index (χ3n) is 5.47. The van der Waals surface area contributed by atoms with Crippen LogP contribution < -0.4 is 5.32 Å². The number of amides is 1. The van der Waals surface area contributed by atoms with Crippen molar-refractivity contribution in [3.63, 3.8) is 0 Å². The second kappa shape index (κ2) is 6.85. The van der Waals surface area contributed by atoms with Gasteiger partial charge >= 0.3 is 0 Å². The van der Waals surface area contributed by atoms with Gasteiger partial charge in [0.25, 0.3) is 5.91 Å². The molecule has 2 unspecified atom stereocenters. The lowest BCUT2D eigenvalue weighted by Gasteiger charge is -2.17. The van der Waals surface area contributed by atoms with Crippen LogP contribution in [0.25, 0.3) is 11.1 Å². The van der Waals surface area contributed by atoms with Gasteiger partial charge in [0.15, 0.2) is 0 Å². The molecule has 1 amide bonds. The maximum absolute atomic E-state index is 12.6. The fraction of sp³-hybridized carbons (Fsp3) is 0.350. The van der Waals surface area contributed by atoms with E-state index < -0.39 is 10.7 Å². The monoisotopic (exact) mass is 370 g/mol. The van der Waals surface area contributed by atoms with Gasteiger partial charge in [0.1, 0.15) is 10.7 Å². The molecule has 5 nitrogen and oxygen atoms in total. The minimum atomic E-state index is -2.50. The summed E-state index contributed by atoms with van der Waals surface area (Å²) in [4.78, 5) is 15.0. The Morgan fingerprint density at radius 3 is 2.73 bits per heavy atom. The number of hydrogen-bond donors (Lipinski definition) is 2. The average molecular weight is 370 g/mol. The molecule has 0 bridgehead atoms. The zero-order chi connectivity index (χ0) is 18.3. The SMILES string of the molecule is CN1CC2CNC(=O)c3cc(-c4ccccc4C[SH](=O)=O)ccc3C2C1.